The van der Waals surface area contributed by atoms with Gasteiger partial charge in [0.1, 0.15) is 11.4 Å². The van der Waals surface area contributed by atoms with Crippen molar-refractivity contribution in [2.75, 3.05) is 5.32 Å². The summed E-state index contributed by atoms with van der Waals surface area (Å²) in [6.45, 7) is 1.74. The van der Waals surface area contributed by atoms with Crippen molar-refractivity contribution in [2.24, 2.45) is 5.73 Å². The lowest BCUT2D eigenvalue weighted by atomic mass is 10.1. The zero-order valence-electron chi connectivity index (χ0n) is 14.3. The molecule has 0 aliphatic heterocycles. The Balaban J connectivity index is 2.01. The van der Waals surface area contributed by atoms with Gasteiger partial charge in [-0.25, -0.2) is 13.8 Å². The number of hydrogen-bond acceptors (Lipinski definition) is 4. The van der Waals surface area contributed by atoms with Gasteiger partial charge in [0.15, 0.2) is 5.78 Å². The molecule has 0 saturated heterocycles. The standard InChI is InChI=1S/C19H16FN3O4/c1-2-15(24)10-3-6-12(7-4-10)22-17(25)16-13-9-11(20)5-8-14(13)23(18(16)26)19(21)27/h3-9,26H,2H2,1H3,(H2,21,27)(H,22,25). The highest BCUT2D eigenvalue weighted by atomic mass is 19.1. The van der Waals surface area contributed by atoms with Crippen LogP contribution in [0.15, 0.2) is 42.5 Å². The minimum Gasteiger partial charge on any atom is -0.494 e. The Morgan fingerprint density at radius 1 is 1.15 bits per heavy atom. The third-order valence-corrected chi connectivity index (χ3v) is 4.14. The zero-order valence-corrected chi connectivity index (χ0v) is 14.3. The van der Waals surface area contributed by atoms with Crippen molar-refractivity contribution in [3.05, 3.63) is 59.4 Å². The number of aromatic nitrogens is 1. The average Bonchev–Trinajstić information content (AvgIpc) is 2.92. The van der Waals surface area contributed by atoms with Gasteiger partial charge in [0.25, 0.3) is 5.91 Å². The van der Waals surface area contributed by atoms with Crippen LogP contribution in [0.1, 0.15) is 34.1 Å². The second-order valence-electron chi connectivity index (χ2n) is 5.84. The number of nitrogens with zero attached hydrogens (tertiary/aromatic N) is 1. The molecule has 0 aliphatic carbocycles. The van der Waals surface area contributed by atoms with Crippen LogP contribution in [-0.4, -0.2) is 27.4 Å². The number of ketones is 1. The number of benzene rings is 2. The van der Waals surface area contributed by atoms with Gasteiger partial charge in [-0.1, -0.05) is 6.92 Å². The number of hydrogen-bond donors (Lipinski definition) is 3. The number of rotatable bonds is 4. The molecule has 2 aromatic carbocycles. The van der Waals surface area contributed by atoms with Gasteiger partial charge in [0.05, 0.1) is 5.52 Å². The van der Waals surface area contributed by atoms with Crippen LogP contribution < -0.4 is 11.1 Å². The van der Waals surface area contributed by atoms with Crippen LogP contribution in [0.25, 0.3) is 10.9 Å². The molecule has 1 aromatic heterocycles. The SMILES string of the molecule is CCC(=O)c1ccc(NC(=O)c2c(O)n(C(N)=O)c3ccc(F)cc23)cc1. The van der Waals surface area contributed by atoms with E-state index in [1.54, 1.807) is 19.1 Å². The van der Waals surface area contributed by atoms with Gasteiger partial charge in [0, 0.05) is 23.1 Å². The van der Waals surface area contributed by atoms with E-state index in [2.05, 4.69) is 5.32 Å². The number of primary amides is 1. The van der Waals surface area contributed by atoms with Gasteiger partial charge in [-0.3, -0.25) is 9.59 Å². The molecule has 27 heavy (non-hydrogen) atoms. The van der Waals surface area contributed by atoms with Crippen molar-refractivity contribution in [3.8, 4) is 5.88 Å². The molecule has 0 saturated carbocycles. The zero-order chi connectivity index (χ0) is 19.7. The number of carbonyl (C=O) groups excluding carboxylic acids is 3. The Morgan fingerprint density at radius 2 is 1.81 bits per heavy atom. The van der Waals surface area contributed by atoms with Gasteiger partial charge in [-0.2, -0.15) is 0 Å². The van der Waals surface area contributed by atoms with E-state index >= 15 is 0 Å². The number of nitrogens with one attached hydrogen (secondary N) is 1. The Bertz CT molecular complexity index is 1070. The molecule has 8 heteroatoms. The molecule has 0 aliphatic rings. The fraction of sp³-hybridized carbons (Fsp3) is 0.105. The van der Waals surface area contributed by atoms with Crippen molar-refractivity contribution in [1.82, 2.24) is 4.57 Å². The normalized spacial score (nSPS) is 10.7. The molecule has 7 nitrogen and oxygen atoms in total. The summed E-state index contributed by atoms with van der Waals surface area (Å²) in [4.78, 5) is 35.9. The summed E-state index contributed by atoms with van der Waals surface area (Å²) in [5.74, 6) is -2.11. The van der Waals surface area contributed by atoms with Crippen molar-refractivity contribution in [1.29, 1.82) is 0 Å². The van der Waals surface area contributed by atoms with E-state index in [1.807, 2.05) is 0 Å². The molecule has 4 N–H and O–H groups in total. The van der Waals surface area contributed by atoms with Gasteiger partial charge >= 0.3 is 6.03 Å². The van der Waals surface area contributed by atoms with Crippen molar-refractivity contribution < 1.29 is 23.9 Å². The maximum atomic E-state index is 13.6. The summed E-state index contributed by atoms with van der Waals surface area (Å²) in [6.07, 6.45) is 0.359. The van der Waals surface area contributed by atoms with Gasteiger partial charge in [-0.05, 0) is 42.5 Å². The topological polar surface area (TPSA) is 114 Å². The highest BCUT2D eigenvalue weighted by Crippen LogP contribution is 2.32. The highest BCUT2D eigenvalue weighted by Gasteiger charge is 2.25. The van der Waals surface area contributed by atoms with Crippen LogP contribution in [0, 0.1) is 5.82 Å². The largest absolute Gasteiger partial charge is 0.494 e. The number of aromatic hydroxyl groups is 1. The second-order valence-corrected chi connectivity index (χ2v) is 5.84. The van der Waals surface area contributed by atoms with Crippen LogP contribution in [0.4, 0.5) is 14.9 Å². The molecular formula is C19H16FN3O4. The molecule has 3 rings (SSSR count). The Hall–Kier alpha value is -3.68. The molecule has 0 fully saturated rings. The number of Topliss-reactive ketones (excluding diaryl/α,β-unsaturated/α-hetero) is 1. The van der Waals surface area contributed by atoms with Gasteiger partial charge in [-0.15, -0.1) is 0 Å². The van der Waals surface area contributed by atoms with Crippen LogP contribution in [0.3, 0.4) is 0 Å². The lowest BCUT2D eigenvalue weighted by Crippen LogP contribution is -2.19. The van der Waals surface area contributed by atoms with E-state index < -0.39 is 23.6 Å². The second kappa shape index (κ2) is 6.91. The first-order valence-corrected chi connectivity index (χ1v) is 8.10. The van der Waals surface area contributed by atoms with E-state index in [1.165, 1.54) is 18.2 Å². The predicted octanol–water partition coefficient (Wildman–Crippen LogP) is 3.26. The fourth-order valence-corrected chi connectivity index (χ4v) is 2.83. The van der Waals surface area contributed by atoms with Crippen LogP contribution in [-0.2, 0) is 0 Å². The maximum Gasteiger partial charge on any atom is 0.326 e. The summed E-state index contributed by atoms with van der Waals surface area (Å²) in [5, 5.41) is 12.9. The number of nitrogens with two attached hydrogens (primary N) is 1. The minimum absolute atomic E-state index is 0.0366. The van der Waals surface area contributed by atoms with E-state index in [9.17, 15) is 23.9 Å². The van der Waals surface area contributed by atoms with E-state index in [4.69, 9.17) is 5.73 Å². The quantitative estimate of drug-likeness (QED) is 0.612. The molecule has 138 valence electrons. The Labute approximate surface area is 153 Å². The van der Waals surface area contributed by atoms with Crippen LogP contribution in [0.2, 0.25) is 0 Å². The van der Waals surface area contributed by atoms with Crippen molar-refractivity contribution in [3.63, 3.8) is 0 Å². The summed E-state index contributed by atoms with van der Waals surface area (Å²) in [7, 11) is 0. The van der Waals surface area contributed by atoms with Crippen LogP contribution >= 0.6 is 0 Å². The molecule has 1 heterocycles. The van der Waals surface area contributed by atoms with Crippen LogP contribution in [0.5, 0.6) is 5.88 Å². The molecular weight excluding hydrogens is 353 g/mol. The summed E-state index contributed by atoms with van der Waals surface area (Å²) >= 11 is 0. The lowest BCUT2D eigenvalue weighted by molar-refractivity contribution is 0.0986. The monoisotopic (exact) mass is 369 g/mol. The average molecular weight is 369 g/mol. The molecule has 2 amide bonds. The fourth-order valence-electron chi connectivity index (χ4n) is 2.83. The molecule has 0 bridgehead atoms. The predicted molar refractivity (Wildman–Crippen MR) is 97.6 cm³/mol. The summed E-state index contributed by atoms with van der Waals surface area (Å²) in [6, 6.07) is 8.56. The number of halogens is 1. The highest BCUT2D eigenvalue weighted by molar-refractivity contribution is 6.16. The Morgan fingerprint density at radius 3 is 2.41 bits per heavy atom. The Kier molecular flexibility index (Phi) is 4.64. The first-order valence-electron chi connectivity index (χ1n) is 8.10. The van der Waals surface area contributed by atoms with Gasteiger partial charge in [0.2, 0.25) is 5.88 Å². The third kappa shape index (κ3) is 3.24. The summed E-state index contributed by atoms with van der Waals surface area (Å²) in [5.41, 5.74) is 5.95. The first kappa shape index (κ1) is 18.1. The van der Waals surface area contributed by atoms with Crippen molar-refractivity contribution in [2.45, 2.75) is 13.3 Å². The third-order valence-electron chi connectivity index (χ3n) is 4.14. The van der Waals surface area contributed by atoms with Crippen molar-refractivity contribution >= 4 is 34.3 Å². The van der Waals surface area contributed by atoms with E-state index in [0.29, 0.717) is 17.7 Å². The molecule has 0 spiro atoms. The smallest absolute Gasteiger partial charge is 0.326 e. The maximum absolute atomic E-state index is 13.6. The molecule has 0 atom stereocenters. The number of fused-ring (bicyclic) bond motifs is 1. The molecule has 3 aromatic rings. The minimum atomic E-state index is -1.01. The number of amides is 2. The van der Waals surface area contributed by atoms with E-state index in [-0.39, 0.29) is 22.2 Å². The first-order chi connectivity index (χ1) is 12.8. The van der Waals surface area contributed by atoms with Gasteiger partial charge < -0.3 is 16.2 Å². The number of carbonyl (C=O) groups is 3. The van der Waals surface area contributed by atoms with E-state index in [0.717, 1.165) is 16.7 Å². The molecule has 0 radical (unpaired) electrons. The molecule has 0 unspecified atom stereocenters. The summed E-state index contributed by atoms with van der Waals surface area (Å²) < 4.78 is 14.4. The number of anilines is 1. The lowest BCUT2D eigenvalue weighted by Gasteiger charge is -2.06.